The maximum atomic E-state index is 12.3. The zero-order valence-electron chi connectivity index (χ0n) is 17.4. The molecule has 0 aliphatic heterocycles. The van der Waals surface area contributed by atoms with Crippen LogP contribution in [0.1, 0.15) is 27.2 Å². The van der Waals surface area contributed by atoms with Gasteiger partial charge in [-0.25, -0.2) is 5.43 Å². The van der Waals surface area contributed by atoms with Crippen LogP contribution in [0, 0.1) is 6.92 Å². The Bertz CT molecular complexity index is 1230. The van der Waals surface area contributed by atoms with Crippen LogP contribution in [0.15, 0.2) is 88.4 Å². The maximum Gasteiger partial charge on any atom is 0.289 e. The Kier molecular flexibility index (Phi) is 6.77. The van der Waals surface area contributed by atoms with Crippen LogP contribution in [0.2, 0.25) is 0 Å². The number of rotatable bonds is 7. The van der Waals surface area contributed by atoms with Crippen molar-refractivity contribution >= 4 is 28.1 Å². The summed E-state index contributed by atoms with van der Waals surface area (Å²) in [6.45, 7) is 2.57. The van der Waals surface area contributed by atoms with E-state index in [1.165, 1.54) is 5.56 Å². The summed E-state index contributed by atoms with van der Waals surface area (Å²) in [6.07, 6.45) is 1.58. The number of nitrogens with one attached hydrogen (secondary N) is 2. The Morgan fingerprint density at radius 2 is 1.88 bits per heavy atom. The number of hydrogen-bond acceptors (Lipinski definition) is 4. The van der Waals surface area contributed by atoms with Crippen molar-refractivity contribution in [3.05, 3.63) is 106 Å². The average Bonchev–Trinajstić information content (AvgIpc) is 3.30. The molecular weight excluding hydrogens is 468 g/mol. The largest absolute Gasteiger partial charge is 0.489 e. The number of H-pyrrole nitrogens is 1. The van der Waals surface area contributed by atoms with Crippen molar-refractivity contribution in [1.82, 2.24) is 15.6 Å². The highest BCUT2D eigenvalue weighted by atomic mass is 79.9. The number of nitrogens with zero attached hydrogens (tertiary/aromatic N) is 2. The van der Waals surface area contributed by atoms with Gasteiger partial charge in [0.2, 0.25) is 0 Å². The number of aryl methyl sites for hydroxylation is 1. The van der Waals surface area contributed by atoms with Gasteiger partial charge in [0.25, 0.3) is 5.91 Å². The predicted molar refractivity (Wildman–Crippen MR) is 129 cm³/mol. The average molecular weight is 489 g/mol. The molecule has 1 aromatic heterocycles. The third kappa shape index (κ3) is 5.70. The van der Waals surface area contributed by atoms with E-state index in [4.69, 9.17) is 4.74 Å². The summed E-state index contributed by atoms with van der Waals surface area (Å²) in [4.78, 5) is 12.3. The monoisotopic (exact) mass is 488 g/mol. The highest BCUT2D eigenvalue weighted by molar-refractivity contribution is 9.10. The van der Waals surface area contributed by atoms with Crippen LogP contribution in [-0.4, -0.2) is 22.3 Å². The number of amides is 1. The van der Waals surface area contributed by atoms with Crippen LogP contribution < -0.4 is 10.2 Å². The van der Waals surface area contributed by atoms with Crippen molar-refractivity contribution in [2.75, 3.05) is 0 Å². The molecule has 0 bridgehead atoms. The third-order valence-corrected chi connectivity index (χ3v) is 5.22. The van der Waals surface area contributed by atoms with Crippen LogP contribution in [0.3, 0.4) is 0 Å². The van der Waals surface area contributed by atoms with E-state index in [1.807, 2.05) is 48.5 Å². The first-order valence-electron chi connectivity index (χ1n) is 10.00. The highest BCUT2D eigenvalue weighted by Gasteiger charge is 2.10. The van der Waals surface area contributed by atoms with Crippen molar-refractivity contribution < 1.29 is 9.53 Å². The van der Waals surface area contributed by atoms with Crippen LogP contribution in [0.4, 0.5) is 0 Å². The fraction of sp³-hybridized carbons (Fsp3) is 0.0800. The molecule has 0 aliphatic carbocycles. The van der Waals surface area contributed by atoms with Gasteiger partial charge in [-0.1, -0.05) is 57.9 Å². The zero-order chi connectivity index (χ0) is 22.3. The van der Waals surface area contributed by atoms with Crippen molar-refractivity contribution in [2.45, 2.75) is 13.5 Å². The molecule has 0 radical (unpaired) electrons. The molecule has 4 rings (SSSR count). The number of carbonyl (C=O) groups is 1. The summed E-state index contributed by atoms with van der Waals surface area (Å²) in [5, 5.41) is 11.0. The summed E-state index contributed by atoms with van der Waals surface area (Å²) in [5.41, 5.74) is 7.57. The standard InChI is InChI=1S/C25H21BrN4O2/c1-17-5-7-18(8-6-17)16-32-22-11-9-20(10-12-22)23-14-24(29-28-23)25(31)30-27-15-19-3-2-4-21(26)13-19/h2-15H,16H2,1H3,(H,28,29)(H,30,31). The van der Waals surface area contributed by atoms with Crippen LogP contribution >= 0.6 is 15.9 Å². The summed E-state index contributed by atoms with van der Waals surface area (Å²) >= 11 is 3.40. The van der Waals surface area contributed by atoms with E-state index >= 15 is 0 Å². The first-order valence-corrected chi connectivity index (χ1v) is 10.8. The van der Waals surface area contributed by atoms with Crippen molar-refractivity contribution in [3.8, 4) is 17.0 Å². The second-order valence-corrected chi connectivity index (χ2v) is 8.14. The molecule has 0 fully saturated rings. The number of carbonyl (C=O) groups excluding carboxylic acids is 1. The number of halogens is 1. The number of ether oxygens (including phenoxy) is 1. The minimum Gasteiger partial charge on any atom is -0.489 e. The van der Waals surface area contributed by atoms with E-state index in [1.54, 1.807) is 12.3 Å². The minimum atomic E-state index is -0.368. The molecule has 32 heavy (non-hydrogen) atoms. The first kappa shape index (κ1) is 21.5. The number of benzene rings is 3. The van der Waals surface area contributed by atoms with E-state index in [0.29, 0.717) is 18.0 Å². The lowest BCUT2D eigenvalue weighted by Gasteiger charge is -2.07. The number of aromatic amines is 1. The first-order chi connectivity index (χ1) is 15.6. The molecule has 4 aromatic rings. The van der Waals surface area contributed by atoms with Gasteiger partial charge in [0.05, 0.1) is 11.9 Å². The summed E-state index contributed by atoms with van der Waals surface area (Å²) in [5.74, 6) is 0.401. The fourth-order valence-corrected chi connectivity index (χ4v) is 3.39. The Labute approximate surface area is 194 Å². The van der Waals surface area contributed by atoms with Gasteiger partial charge in [-0.2, -0.15) is 10.2 Å². The fourth-order valence-electron chi connectivity index (χ4n) is 2.97. The zero-order valence-corrected chi connectivity index (χ0v) is 19.0. The molecule has 0 saturated heterocycles. The summed E-state index contributed by atoms with van der Waals surface area (Å²) in [7, 11) is 0. The third-order valence-electron chi connectivity index (χ3n) is 4.73. The molecule has 0 saturated carbocycles. The molecule has 2 N–H and O–H groups in total. The smallest absolute Gasteiger partial charge is 0.289 e. The molecule has 160 valence electrons. The lowest BCUT2D eigenvalue weighted by atomic mass is 10.1. The lowest BCUT2D eigenvalue weighted by Crippen LogP contribution is -2.17. The van der Waals surface area contributed by atoms with Gasteiger partial charge in [-0.05, 0) is 60.5 Å². The minimum absolute atomic E-state index is 0.325. The van der Waals surface area contributed by atoms with Gasteiger partial charge in [0, 0.05) is 10.0 Å². The Hall–Kier alpha value is -3.71. The van der Waals surface area contributed by atoms with E-state index in [0.717, 1.165) is 26.9 Å². The van der Waals surface area contributed by atoms with Gasteiger partial charge in [0.1, 0.15) is 18.1 Å². The molecule has 0 spiro atoms. The maximum absolute atomic E-state index is 12.3. The Balaban J connectivity index is 1.34. The van der Waals surface area contributed by atoms with E-state index in [-0.39, 0.29) is 5.91 Å². The van der Waals surface area contributed by atoms with Crippen LogP contribution in [0.25, 0.3) is 11.3 Å². The van der Waals surface area contributed by atoms with Crippen molar-refractivity contribution in [3.63, 3.8) is 0 Å². The summed E-state index contributed by atoms with van der Waals surface area (Å²) in [6, 6.07) is 25.1. The van der Waals surface area contributed by atoms with Gasteiger partial charge in [-0.3, -0.25) is 9.89 Å². The van der Waals surface area contributed by atoms with Gasteiger partial charge in [-0.15, -0.1) is 0 Å². The SMILES string of the molecule is Cc1ccc(COc2ccc(-c3cc(C(=O)NN=Cc4cccc(Br)c4)[nH]n3)cc2)cc1. The number of hydrazone groups is 1. The van der Waals surface area contributed by atoms with Crippen LogP contribution in [0.5, 0.6) is 5.75 Å². The summed E-state index contributed by atoms with van der Waals surface area (Å²) < 4.78 is 6.79. The molecule has 3 aromatic carbocycles. The van der Waals surface area contributed by atoms with Gasteiger partial charge < -0.3 is 4.74 Å². The Morgan fingerprint density at radius 3 is 2.62 bits per heavy atom. The Morgan fingerprint density at radius 1 is 1.09 bits per heavy atom. The predicted octanol–water partition coefficient (Wildman–Crippen LogP) is 5.49. The molecule has 7 heteroatoms. The quantitative estimate of drug-likeness (QED) is 0.266. The lowest BCUT2D eigenvalue weighted by molar-refractivity contribution is 0.0950. The second kappa shape index (κ2) is 10.1. The van der Waals surface area contributed by atoms with E-state index in [9.17, 15) is 4.79 Å². The van der Waals surface area contributed by atoms with Gasteiger partial charge >= 0.3 is 0 Å². The number of aromatic nitrogens is 2. The molecule has 6 nitrogen and oxygen atoms in total. The molecule has 0 unspecified atom stereocenters. The molecular formula is C25H21BrN4O2. The van der Waals surface area contributed by atoms with E-state index < -0.39 is 0 Å². The van der Waals surface area contributed by atoms with E-state index in [2.05, 4.69) is 67.8 Å². The molecule has 1 amide bonds. The molecule has 1 heterocycles. The van der Waals surface area contributed by atoms with Crippen LogP contribution in [-0.2, 0) is 6.61 Å². The topological polar surface area (TPSA) is 79.4 Å². The van der Waals surface area contributed by atoms with Crippen molar-refractivity contribution in [1.29, 1.82) is 0 Å². The second-order valence-electron chi connectivity index (χ2n) is 7.22. The van der Waals surface area contributed by atoms with Gasteiger partial charge in [0.15, 0.2) is 0 Å². The molecule has 0 atom stereocenters. The van der Waals surface area contributed by atoms with Crippen molar-refractivity contribution in [2.24, 2.45) is 5.10 Å². The molecule has 0 aliphatic rings. The highest BCUT2D eigenvalue weighted by Crippen LogP contribution is 2.22. The number of hydrogen-bond donors (Lipinski definition) is 2. The normalized spacial score (nSPS) is 10.9.